The number of aromatic nitrogens is 1. The summed E-state index contributed by atoms with van der Waals surface area (Å²) in [6, 6.07) is 18.1. The van der Waals surface area contributed by atoms with Crippen molar-refractivity contribution < 1.29 is 9.59 Å². The summed E-state index contributed by atoms with van der Waals surface area (Å²) in [5.74, 6) is -0.0696. The number of para-hydroxylation sites is 1. The van der Waals surface area contributed by atoms with Crippen LogP contribution in [0.5, 0.6) is 0 Å². The lowest BCUT2D eigenvalue weighted by atomic mass is 10.1. The second-order valence-corrected chi connectivity index (χ2v) is 8.93. The fraction of sp³-hybridized carbons (Fsp3) is 0.348. The topological polar surface area (TPSA) is 53.5 Å². The first-order valence-corrected chi connectivity index (χ1v) is 11.0. The Bertz CT molecular complexity index is 1020. The third-order valence-corrected chi connectivity index (χ3v) is 7.05. The van der Waals surface area contributed by atoms with Gasteiger partial charge in [0.2, 0.25) is 11.8 Å². The van der Waals surface area contributed by atoms with E-state index in [4.69, 9.17) is 4.98 Å². The molecule has 0 radical (unpaired) electrons. The van der Waals surface area contributed by atoms with Gasteiger partial charge in [-0.15, -0.1) is 11.3 Å². The highest BCUT2D eigenvalue weighted by atomic mass is 32.1. The number of rotatable bonds is 4. The highest BCUT2D eigenvalue weighted by Crippen LogP contribution is 2.38. The van der Waals surface area contributed by atoms with E-state index in [2.05, 4.69) is 6.07 Å². The van der Waals surface area contributed by atoms with Crippen LogP contribution >= 0.6 is 11.3 Å². The quantitative estimate of drug-likeness (QED) is 0.659. The van der Waals surface area contributed by atoms with E-state index in [0.29, 0.717) is 19.5 Å². The molecule has 0 bridgehead atoms. The Labute approximate surface area is 174 Å². The van der Waals surface area contributed by atoms with Gasteiger partial charge in [0, 0.05) is 26.1 Å². The molecule has 29 heavy (non-hydrogen) atoms. The zero-order valence-electron chi connectivity index (χ0n) is 16.2. The number of nitrogens with zero attached hydrogens (tertiary/aromatic N) is 3. The van der Waals surface area contributed by atoms with Crippen molar-refractivity contribution in [2.45, 2.75) is 31.8 Å². The molecule has 5 rings (SSSR count). The Morgan fingerprint density at radius 1 is 1.10 bits per heavy atom. The average Bonchev–Trinajstić information content (AvgIpc) is 3.46. The van der Waals surface area contributed by atoms with Crippen LogP contribution in [0.25, 0.3) is 10.2 Å². The minimum Gasteiger partial charge on any atom is -0.338 e. The van der Waals surface area contributed by atoms with Gasteiger partial charge in [-0.05, 0) is 30.5 Å². The predicted octanol–water partition coefficient (Wildman–Crippen LogP) is 4.01. The first-order valence-electron chi connectivity index (χ1n) is 10.2. The Kier molecular flexibility index (Phi) is 4.79. The van der Waals surface area contributed by atoms with Crippen molar-refractivity contribution in [2.75, 3.05) is 13.1 Å². The summed E-state index contributed by atoms with van der Waals surface area (Å²) >= 11 is 1.68. The fourth-order valence-corrected chi connectivity index (χ4v) is 5.56. The van der Waals surface area contributed by atoms with E-state index in [1.165, 1.54) is 0 Å². The van der Waals surface area contributed by atoms with Crippen LogP contribution in [0.4, 0.5) is 0 Å². The first-order chi connectivity index (χ1) is 14.2. The molecule has 5 nitrogen and oxygen atoms in total. The van der Waals surface area contributed by atoms with Gasteiger partial charge in [0.05, 0.1) is 22.2 Å². The number of hydrogen-bond donors (Lipinski definition) is 0. The van der Waals surface area contributed by atoms with Crippen LogP contribution in [0.15, 0.2) is 54.6 Å². The van der Waals surface area contributed by atoms with Crippen molar-refractivity contribution in [3.8, 4) is 0 Å². The zero-order chi connectivity index (χ0) is 19.8. The molecule has 0 saturated carbocycles. The monoisotopic (exact) mass is 405 g/mol. The molecule has 0 spiro atoms. The first kappa shape index (κ1) is 18.3. The molecule has 2 fully saturated rings. The van der Waals surface area contributed by atoms with Gasteiger partial charge in [-0.3, -0.25) is 9.59 Å². The van der Waals surface area contributed by atoms with E-state index < -0.39 is 0 Å². The van der Waals surface area contributed by atoms with Crippen LogP contribution in [-0.2, 0) is 16.1 Å². The van der Waals surface area contributed by atoms with Crippen LogP contribution in [-0.4, -0.2) is 39.7 Å². The summed E-state index contributed by atoms with van der Waals surface area (Å²) in [6.45, 7) is 1.84. The number of thiazole rings is 1. The standard InChI is InChI=1S/C23H23N3O2S/c27-21-13-17(15-25(21)14-16-7-2-1-3-8-16)23(28)26-12-6-10-19(26)22-24-18-9-4-5-11-20(18)29-22/h1-5,7-9,11,17,19H,6,10,12-15H2/t17-,19+/m0/s1. The molecule has 2 amide bonds. The molecule has 2 saturated heterocycles. The number of hydrogen-bond acceptors (Lipinski definition) is 4. The van der Waals surface area contributed by atoms with Gasteiger partial charge in [0.1, 0.15) is 5.01 Å². The van der Waals surface area contributed by atoms with Gasteiger partial charge < -0.3 is 9.80 Å². The smallest absolute Gasteiger partial charge is 0.228 e. The lowest BCUT2D eigenvalue weighted by molar-refractivity contribution is -0.136. The molecule has 2 aromatic carbocycles. The van der Waals surface area contributed by atoms with E-state index in [1.54, 1.807) is 11.3 Å². The number of likely N-dealkylation sites (tertiary alicyclic amines) is 2. The van der Waals surface area contributed by atoms with Crippen molar-refractivity contribution in [2.24, 2.45) is 5.92 Å². The molecule has 2 atom stereocenters. The molecule has 0 aliphatic carbocycles. The van der Waals surface area contributed by atoms with Crippen molar-refractivity contribution in [1.29, 1.82) is 0 Å². The predicted molar refractivity (Wildman–Crippen MR) is 113 cm³/mol. The van der Waals surface area contributed by atoms with Crippen molar-refractivity contribution >= 4 is 33.4 Å². The van der Waals surface area contributed by atoms with Crippen LogP contribution in [0.1, 0.15) is 35.9 Å². The summed E-state index contributed by atoms with van der Waals surface area (Å²) in [5, 5.41) is 1.02. The molecule has 3 aromatic rings. The normalized spacial score (nSPS) is 22.0. The maximum absolute atomic E-state index is 13.3. The van der Waals surface area contributed by atoms with Crippen LogP contribution < -0.4 is 0 Å². The summed E-state index contributed by atoms with van der Waals surface area (Å²) in [6.07, 6.45) is 2.25. The van der Waals surface area contributed by atoms with E-state index >= 15 is 0 Å². The Hall–Kier alpha value is -2.73. The maximum atomic E-state index is 13.3. The molecule has 3 heterocycles. The van der Waals surface area contributed by atoms with Gasteiger partial charge in [-0.25, -0.2) is 4.98 Å². The second-order valence-electron chi connectivity index (χ2n) is 7.87. The summed E-state index contributed by atoms with van der Waals surface area (Å²) in [5.41, 5.74) is 2.10. The number of carbonyl (C=O) groups excluding carboxylic acids is 2. The van der Waals surface area contributed by atoms with Gasteiger partial charge in [-0.2, -0.15) is 0 Å². The summed E-state index contributed by atoms with van der Waals surface area (Å²) in [7, 11) is 0. The van der Waals surface area contributed by atoms with Gasteiger partial charge in [-0.1, -0.05) is 42.5 Å². The third kappa shape index (κ3) is 3.53. The second kappa shape index (κ2) is 7.59. The SMILES string of the molecule is O=C1C[C@H](C(=O)N2CCC[C@@H]2c2nc3ccccc3s2)CN1Cc1ccccc1. The number of benzene rings is 2. The highest BCUT2D eigenvalue weighted by molar-refractivity contribution is 7.18. The van der Waals surface area contributed by atoms with E-state index in [9.17, 15) is 9.59 Å². The Morgan fingerprint density at radius 2 is 1.90 bits per heavy atom. The molecule has 2 aliphatic heterocycles. The minimum absolute atomic E-state index is 0.0400. The summed E-state index contributed by atoms with van der Waals surface area (Å²) in [4.78, 5) is 34.4. The largest absolute Gasteiger partial charge is 0.338 e. The highest BCUT2D eigenvalue weighted by Gasteiger charge is 2.40. The average molecular weight is 406 g/mol. The number of carbonyl (C=O) groups is 2. The van der Waals surface area contributed by atoms with Gasteiger partial charge >= 0.3 is 0 Å². The third-order valence-electron chi connectivity index (χ3n) is 5.91. The van der Waals surface area contributed by atoms with Crippen LogP contribution in [0.3, 0.4) is 0 Å². The number of fused-ring (bicyclic) bond motifs is 1. The molecule has 148 valence electrons. The molecular weight excluding hydrogens is 382 g/mol. The molecule has 2 aliphatic rings. The molecule has 6 heteroatoms. The van der Waals surface area contributed by atoms with Crippen molar-refractivity contribution in [3.05, 3.63) is 65.2 Å². The lowest BCUT2D eigenvalue weighted by Crippen LogP contribution is -2.37. The Balaban J connectivity index is 1.31. The molecule has 0 unspecified atom stereocenters. The number of amides is 2. The van der Waals surface area contributed by atoms with E-state index in [1.807, 2.05) is 58.3 Å². The molecule has 1 aromatic heterocycles. The fourth-order valence-electron chi connectivity index (χ4n) is 4.45. The minimum atomic E-state index is -0.249. The van der Waals surface area contributed by atoms with Crippen LogP contribution in [0, 0.1) is 5.92 Å². The summed E-state index contributed by atoms with van der Waals surface area (Å²) < 4.78 is 1.16. The Morgan fingerprint density at radius 3 is 2.72 bits per heavy atom. The van der Waals surface area contributed by atoms with Gasteiger partial charge in [0.15, 0.2) is 0 Å². The lowest BCUT2D eigenvalue weighted by Gasteiger charge is -2.26. The molecular formula is C23H23N3O2S. The zero-order valence-corrected chi connectivity index (χ0v) is 17.0. The molecule has 0 N–H and O–H groups in total. The van der Waals surface area contributed by atoms with E-state index in [0.717, 1.165) is 40.2 Å². The van der Waals surface area contributed by atoms with Gasteiger partial charge in [0.25, 0.3) is 0 Å². The maximum Gasteiger partial charge on any atom is 0.228 e. The van der Waals surface area contributed by atoms with Crippen LogP contribution in [0.2, 0.25) is 0 Å². The van der Waals surface area contributed by atoms with Crippen molar-refractivity contribution in [3.63, 3.8) is 0 Å². The van der Waals surface area contributed by atoms with Crippen molar-refractivity contribution in [1.82, 2.24) is 14.8 Å². The van der Waals surface area contributed by atoms with E-state index in [-0.39, 0.29) is 23.8 Å².